The lowest BCUT2D eigenvalue weighted by Gasteiger charge is -2.20. The monoisotopic (exact) mass is 207 g/mol. The van der Waals surface area contributed by atoms with Crippen LogP contribution in [-0.2, 0) is 10.0 Å². The Hall–Kier alpha value is -0.0900. The summed E-state index contributed by atoms with van der Waals surface area (Å²) >= 11 is 0. The van der Waals surface area contributed by atoms with E-state index in [-0.39, 0.29) is 11.3 Å². The van der Waals surface area contributed by atoms with Gasteiger partial charge in [0.05, 0.1) is 5.75 Å². The summed E-state index contributed by atoms with van der Waals surface area (Å²) in [7, 11) is -3.06. The van der Waals surface area contributed by atoms with E-state index in [0.29, 0.717) is 0 Å². The molecule has 0 radical (unpaired) electrons. The molecule has 0 fully saturated rings. The van der Waals surface area contributed by atoms with Crippen LogP contribution < -0.4 is 4.72 Å². The van der Waals surface area contributed by atoms with Crippen LogP contribution in [0.1, 0.15) is 47.0 Å². The lowest BCUT2D eigenvalue weighted by Crippen LogP contribution is -2.41. The molecule has 0 bridgehead atoms. The van der Waals surface area contributed by atoms with Crippen LogP contribution in [-0.4, -0.2) is 19.7 Å². The highest BCUT2D eigenvalue weighted by molar-refractivity contribution is 7.89. The van der Waals surface area contributed by atoms with Crippen LogP contribution in [0.4, 0.5) is 0 Å². The molecule has 0 unspecified atom stereocenters. The molecular formula is C9H21NO2S. The second-order valence-electron chi connectivity index (χ2n) is 4.38. The van der Waals surface area contributed by atoms with Crippen molar-refractivity contribution in [2.24, 2.45) is 0 Å². The Bertz CT molecular complexity index is 226. The Kier molecular flexibility index (Phi) is 4.92. The fourth-order valence-electron chi connectivity index (χ4n) is 1.06. The Labute approximate surface area is 82.0 Å². The molecule has 0 aliphatic heterocycles. The van der Waals surface area contributed by atoms with Crippen LogP contribution in [0.2, 0.25) is 0 Å². The van der Waals surface area contributed by atoms with Gasteiger partial charge in [-0.25, -0.2) is 13.1 Å². The molecule has 0 saturated heterocycles. The molecule has 0 spiro atoms. The first-order valence-electron chi connectivity index (χ1n) is 4.78. The molecule has 80 valence electrons. The van der Waals surface area contributed by atoms with Crippen molar-refractivity contribution >= 4 is 10.0 Å². The standard InChI is InChI=1S/C9H21NO2S/c1-5-6-7-8-13(11,12)10-9(2,3)4/h10H,5-8H2,1-4H3. The minimum atomic E-state index is -3.06. The Morgan fingerprint density at radius 2 is 1.69 bits per heavy atom. The van der Waals surface area contributed by atoms with E-state index in [9.17, 15) is 8.42 Å². The minimum absolute atomic E-state index is 0.248. The van der Waals surface area contributed by atoms with Gasteiger partial charge in [0, 0.05) is 5.54 Å². The molecule has 0 aromatic carbocycles. The summed E-state index contributed by atoms with van der Waals surface area (Å²) in [6.07, 6.45) is 2.78. The Balaban J connectivity index is 3.96. The molecule has 0 aliphatic rings. The number of rotatable bonds is 5. The zero-order valence-electron chi connectivity index (χ0n) is 9.05. The number of hydrogen-bond acceptors (Lipinski definition) is 2. The summed E-state index contributed by atoms with van der Waals surface area (Å²) in [5.74, 6) is 0.248. The van der Waals surface area contributed by atoms with Crippen LogP contribution >= 0.6 is 0 Å². The van der Waals surface area contributed by atoms with Gasteiger partial charge in [0.25, 0.3) is 0 Å². The first-order chi connectivity index (χ1) is 5.77. The third kappa shape index (κ3) is 8.25. The molecule has 0 aromatic heterocycles. The summed E-state index contributed by atoms with van der Waals surface area (Å²) < 4.78 is 25.4. The highest BCUT2D eigenvalue weighted by Gasteiger charge is 2.18. The van der Waals surface area contributed by atoms with Crippen LogP contribution in [0.25, 0.3) is 0 Å². The van der Waals surface area contributed by atoms with Gasteiger partial charge in [-0.15, -0.1) is 0 Å². The average Bonchev–Trinajstić information content (AvgIpc) is 1.81. The maximum atomic E-state index is 11.4. The molecule has 3 nitrogen and oxygen atoms in total. The quantitative estimate of drug-likeness (QED) is 0.700. The van der Waals surface area contributed by atoms with Crippen molar-refractivity contribution in [2.45, 2.75) is 52.5 Å². The molecule has 0 amide bonds. The summed E-state index contributed by atoms with van der Waals surface area (Å²) in [6.45, 7) is 7.61. The van der Waals surface area contributed by atoms with Crippen molar-refractivity contribution in [1.82, 2.24) is 4.72 Å². The van der Waals surface area contributed by atoms with E-state index in [2.05, 4.69) is 11.6 Å². The van der Waals surface area contributed by atoms with Gasteiger partial charge in [0.2, 0.25) is 10.0 Å². The van der Waals surface area contributed by atoms with E-state index in [4.69, 9.17) is 0 Å². The van der Waals surface area contributed by atoms with Crippen molar-refractivity contribution in [1.29, 1.82) is 0 Å². The highest BCUT2D eigenvalue weighted by Crippen LogP contribution is 2.04. The van der Waals surface area contributed by atoms with Gasteiger partial charge in [0.1, 0.15) is 0 Å². The summed E-state index contributed by atoms with van der Waals surface area (Å²) in [6, 6.07) is 0. The molecule has 0 saturated carbocycles. The third-order valence-corrected chi connectivity index (χ3v) is 3.23. The average molecular weight is 207 g/mol. The summed E-state index contributed by atoms with van der Waals surface area (Å²) in [5, 5.41) is 0. The van der Waals surface area contributed by atoms with Crippen molar-refractivity contribution in [3.63, 3.8) is 0 Å². The van der Waals surface area contributed by atoms with Gasteiger partial charge in [-0.2, -0.15) is 0 Å². The SMILES string of the molecule is CCCCCS(=O)(=O)NC(C)(C)C. The van der Waals surface area contributed by atoms with Gasteiger partial charge in [-0.1, -0.05) is 19.8 Å². The van der Waals surface area contributed by atoms with Gasteiger partial charge in [-0.3, -0.25) is 0 Å². The van der Waals surface area contributed by atoms with E-state index in [1.54, 1.807) is 0 Å². The van der Waals surface area contributed by atoms with E-state index >= 15 is 0 Å². The third-order valence-electron chi connectivity index (χ3n) is 1.48. The van der Waals surface area contributed by atoms with Crippen molar-refractivity contribution in [3.05, 3.63) is 0 Å². The van der Waals surface area contributed by atoms with Gasteiger partial charge >= 0.3 is 0 Å². The van der Waals surface area contributed by atoms with Crippen molar-refractivity contribution < 1.29 is 8.42 Å². The maximum Gasteiger partial charge on any atom is 0.212 e. The minimum Gasteiger partial charge on any atom is -0.212 e. The molecule has 0 rings (SSSR count). The largest absolute Gasteiger partial charge is 0.212 e. The maximum absolute atomic E-state index is 11.4. The predicted molar refractivity (Wildman–Crippen MR) is 56.2 cm³/mol. The fourth-order valence-corrected chi connectivity index (χ4v) is 2.68. The van der Waals surface area contributed by atoms with Gasteiger partial charge in [-0.05, 0) is 27.2 Å². The molecule has 0 heterocycles. The molecule has 0 aromatic rings. The second kappa shape index (κ2) is 4.96. The van der Waals surface area contributed by atoms with Crippen LogP contribution in [0.15, 0.2) is 0 Å². The van der Waals surface area contributed by atoms with E-state index in [1.165, 1.54) is 0 Å². The van der Waals surface area contributed by atoms with Crippen molar-refractivity contribution in [3.8, 4) is 0 Å². The predicted octanol–water partition coefficient (Wildman–Crippen LogP) is 1.89. The zero-order chi connectivity index (χ0) is 10.5. The Morgan fingerprint density at radius 1 is 1.15 bits per heavy atom. The first-order valence-corrected chi connectivity index (χ1v) is 6.44. The van der Waals surface area contributed by atoms with Gasteiger partial charge < -0.3 is 0 Å². The van der Waals surface area contributed by atoms with Crippen LogP contribution in [0, 0.1) is 0 Å². The molecule has 0 aliphatic carbocycles. The lowest BCUT2D eigenvalue weighted by molar-refractivity contribution is 0.490. The zero-order valence-corrected chi connectivity index (χ0v) is 9.87. The van der Waals surface area contributed by atoms with Crippen LogP contribution in [0.3, 0.4) is 0 Å². The number of unbranched alkanes of at least 4 members (excludes halogenated alkanes) is 2. The first kappa shape index (κ1) is 12.9. The summed E-state index contributed by atoms with van der Waals surface area (Å²) in [5.41, 5.74) is -0.356. The van der Waals surface area contributed by atoms with E-state index in [0.717, 1.165) is 19.3 Å². The topological polar surface area (TPSA) is 46.2 Å². The summed E-state index contributed by atoms with van der Waals surface area (Å²) in [4.78, 5) is 0. The molecule has 4 heteroatoms. The van der Waals surface area contributed by atoms with E-state index in [1.807, 2.05) is 20.8 Å². The number of hydrogen-bond donors (Lipinski definition) is 1. The fraction of sp³-hybridized carbons (Fsp3) is 1.00. The second-order valence-corrected chi connectivity index (χ2v) is 6.22. The number of nitrogens with one attached hydrogen (secondary N) is 1. The molecular weight excluding hydrogens is 186 g/mol. The van der Waals surface area contributed by atoms with Crippen molar-refractivity contribution in [2.75, 3.05) is 5.75 Å². The lowest BCUT2D eigenvalue weighted by atomic mass is 10.1. The molecule has 0 atom stereocenters. The molecule has 1 N–H and O–H groups in total. The normalized spacial score (nSPS) is 13.2. The highest BCUT2D eigenvalue weighted by atomic mass is 32.2. The Morgan fingerprint density at radius 3 is 2.08 bits per heavy atom. The smallest absolute Gasteiger partial charge is 0.212 e. The van der Waals surface area contributed by atoms with E-state index < -0.39 is 10.0 Å². The molecule has 13 heavy (non-hydrogen) atoms. The van der Waals surface area contributed by atoms with Crippen LogP contribution in [0.5, 0.6) is 0 Å². The number of sulfonamides is 1. The van der Waals surface area contributed by atoms with Gasteiger partial charge in [0.15, 0.2) is 0 Å².